The van der Waals surface area contributed by atoms with Crippen LogP contribution in [0.2, 0.25) is 5.02 Å². The van der Waals surface area contributed by atoms with Crippen LogP contribution < -0.4 is 10.6 Å². The Hall–Kier alpha value is -3.26. The number of amides is 3. The Kier molecular flexibility index (Phi) is 12.1. The third-order valence-electron chi connectivity index (χ3n) is 6.68. The third kappa shape index (κ3) is 9.95. The van der Waals surface area contributed by atoms with E-state index in [1.54, 1.807) is 45.0 Å². The maximum absolute atomic E-state index is 14.4. The zero-order chi connectivity index (χ0) is 31.1. The number of para-hydroxylation sites is 1. The molecule has 0 fully saturated rings. The number of nitrogens with zero attached hydrogens (tertiary/aromatic N) is 1. The summed E-state index contributed by atoms with van der Waals surface area (Å²) in [5.41, 5.74) is 0.879. The summed E-state index contributed by atoms with van der Waals surface area (Å²) in [5, 5.41) is 16.4. The van der Waals surface area contributed by atoms with Crippen LogP contribution in [-0.4, -0.2) is 45.6 Å². The summed E-state index contributed by atoms with van der Waals surface area (Å²) in [6.45, 7) is 16.8. The summed E-state index contributed by atoms with van der Waals surface area (Å²) in [4.78, 5) is 42.9. The fourth-order valence-corrected chi connectivity index (χ4v) is 4.81. The van der Waals surface area contributed by atoms with Crippen molar-refractivity contribution in [3.8, 4) is 5.75 Å². The van der Waals surface area contributed by atoms with Gasteiger partial charge in [-0.1, -0.05) is 63.6 Å². The summed E-state index contributed by atoms with van der Waals surface area (Å²) in [6.07, 6.45) is 0.716. The number of phenols is 1. The summed E-state index contributed by atoms with van der Waals surface area (Å²) in [7, 11) is 0. The number of nitrogens with one attached hydrogen (secondary N) is 2. The highest BCUT2D eigenvalue weighted by Crippen LogP contribution is 2.33. The van der Waals surface area contributed by atoms with Gasteiger partial charge in [0, 0.05) is 6.04 Å². The van der Waals surface area contributed by atoms with Crippen molar-refractivity contribution in [2.75, 3.05) is 5.32 Å². The predicted octanol–water partition coefficient (Wildman–Crippen LogP) is 7.24. The minimum Gasteiger partial charge on any atom is -0.508 e. The van der Waals surface area contributed by atoms with Crippen molar-refractivity contribution in [2.45, 2.75) is 98.9 Å². The van der Waals surface area contributed by atoms with Gasteiger partial charge in [-0.2, -0.15) is 0 Å². The van der Waals surface area contributed by atoms with Gasteiger partial charge in [0.15, 0.2) is 0 Å². The lowest BCUT2D eigenvalue weighted by molar-refractivity contribution is -0.144. The molecule has 226 valence electrons. The number of aromatic hydroxyl groups is 1. The highest BCUT2D eigenvalue weighted by atomic mass is 35.5. The molecule has 3 N–H and O–H groups in total. The summed E-state index contributed by atoms with van der Waals surface area (Å²) < 4.78 is 5.45. The second-order valence-electron chi connectivity index (χ2n) is 12.4. The SMILES string of the molecule is Cc1cccc(Cl)c1NC(=O)C(c1cccc(O)c1)N(C(=O)C(NC(=O)OC(C)(C)C)C(C)C)C(C)CCC(C)C. The van der Waals surface area contributed by atoms with E-state index in [2.05, 4.69) is 24.5 Å². The van der Waals surface area contributed by atoms with Crippen molar-refractivity contribution in [1.29, 1.82) is 0 Å². The first-order valence-corrected chi connectivity index (χ1v) is 14.6. The minimum atomic E-state index is -1.13. The lowest BCUT2D eigenvalue weighted by Crippen LogP contribution is -2.56. The zero-order valence-corrected chi connectivity index (χ0v) is 26.5. The molecule has 2 aromatic rings. The molecule has 0 saturated carbocycles. The Morgan fingerprint density at radius 3 is 2.17 bits per heavy atom. The standard InChI is InChI=1S/C32H46ClN3O5/c1-19(2)16-17-22(6)36(30(39)26(20(3)4)35-31(40)41-32(7,8)9)28(23-13-11-14-24(37)18-23)29(38)34-27-21(5)12-10-15-25(27)33/h10-15,18-20,22,26,28,37H,16-17H2,1-9H3,(H,34,38)(H,35,40). The van der Waals surface area contributed by atoms with E-state index in [1.807, 2.05) is 33.8 Å². The Labute approximate surface area is 249 Å². The monoisotopic (exact) mass is 587 g/mol. The Morgan fingerprint density at radius 2 is 1.63 bits per heavy atom. The average molecular weight is 588 g/mol. The molecule has 41 heavy (non-hydrogen) atoms. The Balaban J connectivity index is 2.66. The fourth-order valence-electron chi connectivity index (χ4n) is 4.54. The van der Waals surface area contributed by atoms with Crippen molar-refractivity contribution in [3.05, 3.63) is 58.6 Å². The fraction of sp³-hybridized carbons (Fsp3) is 0.531. The Bertz CT molecular complexity index is 1190. The number of hydrogen-bond acceptors (Lipinski definition) is 5. The van der Waals surface area contributed by atoms with Gasteiger partial charge in [-0.05, 0) is 88.6 Å². The topological polar surface area (TPSA) is 108 Å². The largest absolute Gasteiger partial charge is 0.508 e. The van der Waals surface area contributed by atoms with Gasteiger partial charge in [-0.15, -0.1) is 0 Å². The van der Waals surface area contributed by atoms with Crippen LogP contribution in [0.25, 0.3) is 0 Å². The lowest BCUT2D eigenvalue weighted by Gasteiger charge is -2.39. The molecule has 2 aromatic carbocycles. The van der Waals surface area contributed by atoms with Crippen LogP contribution in [-0.2, 0) is 14.3 Å². The minimum absolute atomic E-state index is 0.0382. The number of carbonyl (C=O) groups excluding carboxylic acids is 3. The van der Waals surface area contributed by atoms with Gasteiger partial charge in [0.25, 0.3) is 5.91 Å². The molecule has 2 rings (SSSR count). The van der Waals surface area contributed by atoms with E-state index in [9.17, 15) is 19.5 Å². The van der Waals surface area contributed by atoms with Crippen LogP contribution in [0.1, 0.15) is 85.4 Å². The molecule has 3 atom stereocenters. The maximum atomic E-state index is 14.4. The molecule has 3 unspecified atom stereocenters. The summed E-state index contributed by atoms with van der Waals surface area (Å²) >= 11 is 6.44. The second kappa shape index (κ2) is 14.6. The van der Waals surface area contributed by atoms with Gasteiger partial charge in [-0.3, -0.25) is 9.59 Å². The second-order valence-corrected chi connectivity index (χ2v) is 12.8. The van der Waals surface area contributed by atoms with Gasteiger partial charge in [-0.25, -0.2) is 4.79 Å². The number of hydrogen-bond donors (Lipinski definition) is 3. The van der Waals surface area contributed by atoms with Crippen LogP contribution in [0.3, 0.4) is 0 Å². The van der Waals surface area contributed by atoms with E-state index >= 15 is 0 Å². The molecule has 0 aromatic heterocycles. The molecule has 0 aliphatic heterocycles. The highest BCUT2D eigenvalue weighted by molar-refractivity contribution is 6.34. The van der Waals surface area contributed by atoms with E-state index in [4.69, 9.17) is 16.3 Å². The quantitative estimate of drug-likeness (QED) is 0.257. The normalized spacial score (nSPS) is 13.9. The molecule has 0 bridgehead atoms. The first-order valence-electron chi connectivity index (χ1n) is 14.2. The summed E-state index contributed by atoms with van der Waals surface area (Å²) in [6, 6.07) is 9.12. The molecule has 0 aliphatic carbocycles. The van der Waals surface area contributed by atoms with Gasteiger partial charge >= 0.3 is 6.09 Å². The van der Waals surface area contributed by atoms with E-state index in [0.29, 0.717) is 28.6 Å². The number of anilines is 1. The van der Waals surface area contributed by atoms with E-state index < -0.39 is 41.6 Å². The average Bonchev–Trinajstić information content (AvgIpc) is 2.84. The number of aryl methyl sites for hydroxylation is 1. The maximum Gasteiger partial charge on any atom is 0.408 e. The number of phenolic OH excluding ortho intramolecular Hbond substituents is 1. The van der Waals surface area contributed by atoms with E-state index in [0.717, 1.165) is 12.0 Å². The first kappa shape index (κ1) is 33.9. The molecule has 3 amide bonds. The van der Waals surface area contributed by atoms with E-state index in [1.165, 1.54) is 17.0 Å². The van der Waals surface area contributed by atoms with Crippen molar-refractivity contribution in [1.82, 2.24) is 10.2 Å². The van der Waals surface area contributed by atoms with Crippen LogP contribution in [0.4, 0.5) is 10.5 Å². The number of halogens is 1. The number of benzene rings is 2. The number of alkyl carbamates (subject to hydrolysis) is 1. The van der Waals surface area contributed by atoms with Gasteiger partial charge in [0.05, 0.1) is 10.7 Å². The molecule has 0 spiro atoms. The molecule has 0 heterocycles. The molecule has 0 saturated heterocycles. The van der Waals surface area contributed by atoms with Crippen LogP contribution in [0.5, 0.6) is 5.75 Å². The molecule has 9 heteroatoms. The molecular weight excluding hydrogens is 542 g/mol. The first-order chi connectivity index (χ1) is 19.0. The van der Waals surface area contributed by atoms with Crippen LogP contribution in [0.15, 0.2) is 42.5 Å². The van der Waals surface area contributed by atoms with Crippen LogP contribution in [0, 0.1) is 18.8 Å². The number of rotatable bonds is 11. The highest BCUT2D eigenvalue weighted by Gasteiger charge is 2.40. The van der Waals surface area contributed by atoms with Gasteiger partial charge in [0.1, 0.15) is 23.4 Å². The lowest BCUT2D eigenvalue weighted by atomic mass is 9.94. The summed E-state index contributed by atoms with van der Waals surface area (Å²) in [5.74, 6) is -0.899. The molecule has 8 nitrogen and oxygen atoms in total. The molecule has 0 radical (unpaired) electrons. The smallest absolute Gasteiger partial charge is 0.408 e. The van der Waals surface area contributed by atoms with Crippen molar-refractivity contribution in [2.24, 2.45) is 11.8 Å². The molecule has 0 aliphatic rings. The van der Waals surface area contributed by atoms with Gasteiger partial charge in [0.2, 0.25) is 5.91 Å². The van der Waals surface area contributed by atoms with Crippen molar-refractivity contribution in [3.63, 3.8) is 0 Å². The number of ether oxygens (including phenoxy) is 1. The van der Waals surface area contributed by atoms with Gasteiger partial charge < -0.3 is 25.4 Å². The third-order valence-corrected chi connectivity index (χ3v) is 6.99. The van der Waals surface area contributed by atoms with E-state index in [-0.39, 0.29) is 11.7 Å². The number of carbonyl (C=O) groups is 3. The van der Waals surface area contributed by atoms with Crippen molar-refractivity contribution < 1.29 is 24.2 Å². The van der Waals surface area contributed by atoms with Crippen molar-refractivity contribution >= 4 is 35.2 Å². The Morgan fingerprint density at radius 1 is 1.00 bits per heavy atom. The predicted molar refractivity (Wildman–Crippen MR) is 164 cm³/mol. The van der Waals surface area contributed by atoms with Crippen LogP contribution >= 0.6 is 11.6 Å². The zero-order valence-electron chi connectivity index (χ0n) is 25.7. The molecular formula is C32H46ClN3O5.